The zero-order valence-electron chi connectivity index (χ0n) is 8.07. The molecule has 1 heterocycles. The van der Waals surface area contributed by atoms with E-state index in [2.05, 4.69) is 0 Å². The molecule has 0 unspecified atom stereocenters. The van der Waals surface area contributed by atoms with E-state index in [9.17, 15) is 9.18 Å². The summed E-state index contributed by atoms with van der Waals surface area (Å²) in [5.41, 5.74) is 5.69. The molecule has 4 nitrogen and oxygen atoms in total. The molecule has 0 aliphatic carbocycles. The third-order valence-electron chi connectivity index (χ3n) is 2.22. The molecular weight excluding hydrogens is 199 g/mol. The SMILES string of the molecule is Nc1cc(C(=O)N2CCCO2)ccc1F. The lowest BCUT2D eigenvalue weighted by Crippen LogP contribution is -2.26. The summed E-state index contributed by atoms with van der Waals surface area (Å²) < 4.78 is 12.9. The van der Waals surface area contributed by atoms with Gasteiger partial charge in [-0.3, -0.25) is 9.63 Å². The lowest BCUT2D eigenvalue weighted by molar-refractivity contribution is -0.0768. The van der Waals surface area contributed by atoms with Crippen molar-refractivity contribution in [3.63, 3.8) is 0 Å². The summed E-state index contributed by atoms with van der Waals surface area (Å²) in [5, 5.41) is 1.27. The number of hydrogen-bond acceptors (Lipinski definition) is 3. The van der Waals surface area contributed by atoms with Gasteiger partial charge >= 0.3 is 0 Å². The fourth-order valence-corrected chi connectivity index (χ4v) is 1.43. The molecule has 1 aromatic rings. The minimum atomic E-state index is -0.520. The summed E-state index contributed by atoms with van der Waals surface area (Å²) in [5.74, 6) is -0.798. The fourth-order valence-electron chi connectivity index (χ4n) is 1.43. The molecule has 15 heavy (non-hydrogen) atoms. The number of benzene rings is 1. The Morgan fingerprint density at radius 3 is 2.93 bits per heavy atom. The number of nitrogens with two attached hydrogens (primary N) is 1. The van der Waals surface area contributed by atoms with Crippen molar-refractivity contribution in [2.24, 2.45) is 0 Å². The van der Waals surface area contributed by atoms with Gasteiger partial charge in [0.05, 0.1) is 18.8 Å². The highest BCUT2D eigenvalue weighted by molar-refractivity contribution is 5.94. The zero-order valence-corrected chi connectivity index (χ0v) is 8.07. The molecule has 0 aromatic heterocycles. The second-order valence-corrected chi connectivity index (χ2v) is 3.33. The normalized spacial score (nSPS) is 15.7. The fraction of sp³-hybridized carbons (Fsp3) is 0.300. The van der Waals surface area contributed by atoms with Gasteiger partial charge < -0.3 is 5.73 Å². The van der Waals surface area contributed by atoms with Gasteiger partial charge in [0.1, 0.15) is 5.82 Å². The van der Waals surface area contributed by atoms with Crippen molar-refractivity contribution in [2.45, 2.75) is 6.42 Å². The van der Waals surface area contributed by atoms with Crippen LogP contribution in [-0.4, -0.2) is 24.1 Å². The minimum Gasteiger partial charge on any atom is -0.396 e. The Bertz CT molecular complexity index is 389. The predicted octanol–water partition coefficient (Wildman–Crippen LogP) is 1.19. The average Bonchev–Trinajstić information content (AvgIpc) is 2.74. The Labute approximate surface area is 86.4 Å². The van der Waals surface area contributed by atoms with E-state index in [4.69, 9.17) is 10.6 Å². The van der Waals surface area contributed by atoms with Gasteiger partial charge in [-0.1, -0.05) is 0 Å². The Morgan fingerprint density at radius 2 is 2.33 bits per heavy atom. The number of hydrogen-bond donors (Lipinski definition) is 1. The number of carbonyl (C=O) groups is 1. The van der Waals surface area contributed by atoms with Crippen molar-refractivity contribution in [1.29, 1.82) is 0 Å². The summed E-state index contributed by atoms with van der Waals surface area (Å²) in [6.07, 6.45) is 0.822. The number of nitrogen functional groups attached to an aromatic ring is 1. The maximum atomic E-state index is 12.9. The number of halogens is 1. The van der Waals surface area contributed by atoms with E-state index >= 15 is 0 Å². The van der Waals surface area contributed by atoms with Crippen LogP contribution in [0.4, 0.5) is 10.1 Å². The molecule has 0 atom stereocenters. The smallest absolute Gasteiger partial charge is 0.277 e. The maximum absolute atomic E-state index is 12.9. The van der Waals surface area contributed by atoms with E-state index in [1.807, 2.05) is 0 Å². The molecule has 2 rings (SSSR count). The number of amides is 1. The van der Waals surface area contributed by atoms with Crippen molar-refractivity contribution in [2.75, 3.05) is 18.9 Å². The summed E-state index contributed by atoms with van der Waals surface area (Å²) in [7, 11) is 0. The van der Waals surface area contributed by atoms with Gasteiger partial charge in [0, 0.05) is 5.56 Å². The quantitative estimate of drug-likeness (QED) is 0.708. The highest BCUT2D eigenvalue weighted by atomic mass is 19.1. The maximum Gasteiger partial charge on any atom is 0.277 e. The Kier molecular flexibility index (Phi) is 2.55. The highest BCUT2D eigenvalue weighted by Crippen LogP contribution is 2.16. The molecule has 0 saturated carbocycles. The minimum absolute atomic E-state index is 0.0277. The Balaban J connectivity index is 2.21. The first-order chi connectivity index (χ1) is 7.18. The number of nitrogens with zero attached hydrogens (tertiary/aromatic N) is 1. The predicted molar refractivity (Wildman–Crippen MR) is 52.4 cm³/mol. The molecule has 1 aliphatic rings. The van der Waals surface area contributed by atoms with Crippen LogP contribution in [0.15, 0.2) is 18.2 Å². The number of anilines is 1. The second-order valence-electron chi connectivity index (χ2n) is 3.33. The van der Waals surface area contributed by atoms with Gasteiger partial charge in [-0.05, 0) is 24.6 Å². The topological polar surface area (TPSA) is 55.6 Å². The van der Waals surface area contributed by atoms with Gasteiger partial charge in [-0.2, -0.15) is 0 Å². The molecule has 1 aromatic carbocycles. The second kappa shape index (κ2) is 3.86. The first-order valence-corrected chi connectivity index (χ1v) is 4.68. The van der Waals surface area contributed by atoms with Crippen molar-refractivity contribution < 1.29 is 14.0 Å². The molecule has 0 spiro atoms. The molecule has 0 radical (unpaired) electrons. The lowest BCUT2D eigenvalue weighted by Gasteiger charge is -2.13. The molecular formula is C10H11FN2O2. The molecule has 0 bridgehead atoms. The molecule has 1 fully saturated rings. The first kappa shape index (κ1) is 9.92. The van der Waals surface area contributed by atoms with Crippen LogP contribution in [0.3, 0.4) is 0 Å². The first-order valence-electron chi connectivity index (χ1n) is 4.68. The van der Waals surface area contributed by atoms with Crippen LogP contribution in [0.5, 0.6) is 0 Å². The summed E-state index contributed by atoms with van der Waals surface area (Å²) in [4.78, 5) is 16.8. The van der Waals surface area contributed by atoms with Crippen LogP contribution < -0.4 is 5.73 Å². The third kappa shape index (κ3) is 1.92. The summed E-state index contributed by atoms with van der Waals surface area (Å²) in [6.45, 7) is 1.11. The van der Waals surface area contributed by atoms with Gasteiger partial charge in [0.15, 0.2) is 0 Å². The molecule has 2 N–H and O–H groups in total. The zero-order chi connectivity index (χ0) is 10.8. The lowest BCUT2D eigenvalue weighted by atomic mass is 10.2. The van der Waals surface area contributed by atoms with E-state index in [1.165, 1.54) is 23.3 Å². The summed E-state index contributed by atoms with van der Waals surface area (Å²) >= 11 is 0. The van der Waals surface area contributed by atoms with Gasteiger partial charge in [0.2, 0.25) is 0 Å². The molecule has 1 saturated heterocycles. The summed E-state index contributed by atoms with van der Waals surface area (Å²) in [6, 6.07) is 3.90. The highest BCUT2D eigenvalue weighted by Gasteiger charge is 2.21. The van der Waals surface area contributed by atoms with Crippen LogP contribution in [0.2, 0.25) is 0 Å². The number of hydroxylamine groups is 2. The monoisotopic (exact) mass is 210 g/mol. The van der Waals surface area contributed by atoms with E-state index in [1.54, 1.807) is 0 Å². The average molecular weight is 210 g/mol. The standard InChI is InChI=1S/C10H11FN2O2/c11-8-3-2-7(6-9(8)12)10(14)13-4-1-5-15-13/h2-3,6H,1,4-5,12H2. The van der Waals surface area contributed by atoms with E-state index in [-0.39, 0.29) is 11.6 Å². The largest absolute Gasteiger partial charge is 0.396 e. The van der Waals surface area contributed by atoms with Crippen molar-refractivity contribution in [3.05, 3.63) is 29.6 Å². The van der Waals surface area contributed by atoms with Crippen molar-refractivity contribution in [1.82, 2.24) is 5.06 Å². The van der Waals surface area contributed by atoms with Crippen molar-refractivity contribution in [3.8, 4) is 0 Å². The van der Waals surface area contributed by atoms with Crippen molar-refractivity contribution >= 4 is 11.6 Å². The van der Waals surface area contributed by atoms with E-state index in [0.29, 0.717) is 18.7 Å². The van der Waals surface area contributed by atoms with Gasteiger partial charge in [0.25, 0.3) is 5.91 Å². The third-order valence-corrected chi connectivity index (χ3v) is 2.22. The number of carbonyl (C=O) groups excluding carboxylic acids is 1. The van der Waals surface area contributed by atoms with Crippen LogP contribution in [-0.2, 0) is 4.84 Å². The Morgan fingerprint density at radius 1 is 1.53 bits per heavy atom. The molecule has 1 amide bonds. The molecule has 80 valence electrons. The van der Waals surface area contributed by atoms with E-state index in [0.717, 1.165) is 6.42 Å². The van der Waals surface area contributed by atoms with Crippen LogP contribution in [0.25, 0.3) is 0 Å². The van der Waals surface area contributed by atoms with E-state index < -0.39 is 5.82 Å². The number of rotatable bonds is 1. The van der Waals surface area contributed by atoms with Crippen LogP contribution >= 0.6 is 0 Å². The van der Waals surface area contributed by atoms with Gasteiger partial charge in [-0.15, -0.1) is 0 Å². The van der Waals surface area contributed by atoms with Gasteiger partial charge in [-0.25, -0.2) is 9.45 Å². The van der Waals surface area contributed by atoms with Crippen LogP contribution in [0.1, 0.15) is 16.8 Å². The molecule has 1 aliphatic heterocycles. The molecule has 5 heteroatoms. The van der Waals surface area contributed by atoms with Crippen LogP contribution in [0, 0.1) is 5.82 Å². The Hall–Kier alpha value is -1.62.